The van der Waals surface area contributed by atoms with E-state index in [1.54, 1.807) is 21.8 Å². The van der Waals surface area contributed by atoms with Crippen molar-refractivity contribution in [1.82, 2.24) is 30.0 Å². The summed E-state index contributed by atoms with van der Waals surface area (Å²) in [4.78, 5) is 37.4. The molecule has 46 heavy (non-hydrogen) atoms. The number of carbonyl (C=O) groups excluding carboxylic acids is 2. The molecule has 2 aliphatic heterocycles. The van der Waals surface area contributed by atoms with Crippen LogP contribution < -0.4 is 5.32 Å². The first-order chi connectivity index (χ1) is 21.9. The molecule has 246 valence electrons. The van der Waals surface area contributed by atoms with Crippen LogP contribution in [0.2, 0.25) is 0 Å². The fraction of sp³-hybridized carbons (Fsp3) is 0.455. The summed E-state index contributed by atoms with van der Waals surface area (Å²) in [5.41, 5.74) is 3.82. The summed E-state index contributed by atoms with van der Waals surface area (Å²) in [5.74, 6) is -2.59. The van der Waals surface area contributed by atoms with Crippen molar-refractivity contribution < 1.29 is 32.7 Å². The van der Waals surface area contributed by atoms with Gasteiger partial charge in [0, 0.05) is 45.0 Å². The van der Waals surface area contributed by atoms with Gasteiger partial charge in [-0.1, -0.05) is 24.3 Å². The Morgan fingerprint density at radius 1 is 1.17 bits per heavy atom. The zero-order valence-corrected chi connectivity index (χ0v) is 26.8. The number of carbonyl (C=O) groups is 2. The van der Waals surface area contributed by atoms with E-state index in [1.165, 1.54) is 6.20 Å². The number of aromatic nitrogens is 3. The summed E-state index contributed by atoms with van der Waals surface area (Å²) in [6.45, 7) is 9.43. The number of ether oxygens (including phenoxy) is 2. The Balaban J connectivity index is 1.38. The zero-order chi connectivity index (χ0) is 33.0. The molecule has 0 bridgehead atoms. The highest BCUT2D eigenvalue weighted by Gasteiger charge is 2.37. The molecule has 0 spiro atoms. The van der Waals surface area contributed by atoms with Crippen LogP contribution >= 0.6 is 0 Å². The standard InChI is InChI=1S/C33H40F2N6O5/c1-21-27(18-28(42)37-26-20-40(15-16-44-5)46-30(26)23-17-25(34)31(35)36-19-23)41(24-9-7-6-8-10-24)38-29(21)22-11-13-39(14-12-22)32(43)45-33(2,3)4/h6-11,17,19,26,30H,12-16,18,20H2,1-5H3,(H,37,42)/t26-,30+/m1/s1. The van der Waals surface area contributed by atoms with Gasteiger partial charge in [0.15, 0.2) is 5.82 Å². The van der Waals surface area contributed by atoms with Gasteiger partial charge in [0.1, 0.15) is 11.7 Å². The van der Waals surface area contributed by atoms with Crippen molar-refractivity contribution in [3.63, 3.8) is 0 Å². The molecule has 5 rings (SSSR count). The number of halogens is 2. The minimum absolute atomic E-state index is 0.00234. The SMILES string of the molecule is COCCN1C[C@@H](NC(=O)Cc2c(C)c(C3=CCN(C(=O)OC(C)(C)C)CC3)nn2-c2ccccc2)[C@H](c2cnc(F)c(F)c2)O1. The van der Waals surface area contributed by atoms with E-state index in [0.29, 0.717) is 50.5 Å². The van der Waals surface area contributed by atoms with E-state index < -0.39 is 29.5 Å². The lowest BCUT2D eigenvalue weighted by Crippen LogP contribution is -2.41. The molecule has 1 saturated heterocycles. The van der Waals surface area contributed by atoms with E-state index in [-0.39, 0.29) is 18.4 Å². The Hall–Kier alpha value is -4.20. The number of benzene rings is 1. The first-order valence-corrected chi connectivity index (χ1v) is 15.3. The van der Waals surface area contributed by atoms with Crippen LogP contribution in [0, 0.1) is 18.7 Å². The highest BCUT2D eigenvalue weighted by molar-refractivity contribution is 5.80. The number of nitrogens with zero attached hydrogens (tertiary/aromatic N) is 5. The molecule has 0 saturated carbocycles. The van der Waals surface area contributed by atoms with Gasteiger partial charge in [-0.15, -0.1) is 0 Å². The van der Waals surface area contributed by atoms with E-state index in [0.717, 1.165) is 28.6 Å². The zero-order valence-electron chi connectivity index (χ0n) is 26.8. The second kappa shape index (κ2) is 14.1. The van der Waals surface area contributed by atoms with Crippen molar-refractivity contribution in [2.75, 3.05) is 39.9 Å². The van der Waals surface area contributed by atoms with E-state index in [2.05, 4.69) is 10.3 Å². The quantitative estimate of drug-likeness (QED) is 0.341. The summed E-state index contributed by atoms with van der Waals surface area (Å²) in [5, 5.41) is 9.62. The van der Waals surface area contributed by atoms with Crippen molar-refractivity contribution in [1.29, 1.82) is 0 Å². The Labute approximate surface area is 267 Å². The molecule has 0 radical (unpaired) electrons. The average molecular weight is 639 g/mol. The Morgan fingerprint density at radius 2 is 1.93 bits per heavy atom. The largest absolute Gasteiger partial charge is 0.444 e. The van der Waals surface area contributed by atoms with E-state index in [1.807, 2.05) is 64.1 Å². The number of methoxy groups -OCH3 is 1. The summed E-state index contributed by atoms with van der Waals surface area (Å²) >= 11 is 0. The molecule has 2 atom stereocenters. The third-order valence-electron chi connectivity index (χ3n) is 7.80. The number of pyridine rings is 1. The van der Waals surface area contributed by atoms with Crippen molar-refractivity contribution in [3.8, 4) is 5.69 Å². The van der Waals surface area contributed by atoms with Crippen LogP contribution in [0.25, 0.3) is 11.3 Å². The van der Waals surface area contributed by atoms with E-state index in [9.17, 15) is 18.4 Å². The van der Waals surface area contributed by atoms with Gasteiger partial charge in [0.25, 0.3) is 0 Å². The maximum atomic E-state index is 14.1. The van der Waals surface area contributed by atoms with Crippen LogP contribution in [0.3, 0.4) is 0 Å². The molecule has 3 aromatic rings. The normalized spacial score (nSPS) is 18.8. The number of nitrogens with one attached hydrogen (secondary N) is 1. The second-order valence-corrected chi connectivity index (χ2v) is 12.4. The number of hydroxylamine groups is 2. The van der Waals surface area contributed by atoms with Crippen LogP contribution in [-0.4, -0.2) is 88.3 Å². The van der Waals surface area contributed by atoms with Gasteiger partial charge in [0.2, 0.25) is 11.9 Å². The Bertz CT molecular complexity index is 1590. The molecule has 1 fully saturated rings. The maximum absolute atomic E-state index is 14.1. The topological polar surface area (TPSA) is 111 Å². The molecule has 1 N–H and O–H groups in total. The number of para-hydroxylation sites is 1. The van der Waals surface area contributed by atoms with Gasteiger partial charge in [-0.25, -0.2) is 18.9 Å². The fourth-order valence-corrected chi connectivity index (χ4v) is 5.55. The highest BCUT2D eigenvalue weighted by Crippen LogP contribution is 2.31. The monoisotopic (exact) mass is 638 g/mol. The number of rotatable bonds is 9. The molecule has 13 heteroatoms. The molecule has 11 nitrogen and oxygen atoms in total. The molecule has 1 aromatic carbocycles. The number of amides is 2. The average Bonchev–Trinajstić information content (AvgIpc) is 3.57. The van der Waals surface area contributed by atoms with Gasteiger partial charge >= 0.3 is 6.09 Å². The van der Waals surface area contributed by atoms with Crippen molar-refractivity contribution in [2.45, 2.75) is 58.3 Å². The molecular formula is C33H40F2N6O5. The van der Waals surface area contributed by atoms with Crippen molar-refractivity contribution >= 4 is 17.6 Å². The van der Waals surface area contributed by atoms with Crippen LogP contribution in [0.5, 0.6) is 0 Å². The predicted molar refractivity (Wildman–Crippen MR) is 166 cm³/mol. The van der Waals surface area contributed by atoms with Gasteiger partial charge in [-0.05, 0) is 63.5 Å². The molecule has 2 aliphatic rings. The maximum Gasteiger partial charge on any atom is 0.410 e. The van der Waals surface area contributed by atoms with Crippen LogP contribution in [0.1, 0.15) is 55.8 Å². The molecule has 2 aromatic heterocycles. The Morgan fingerprint density at radius 3 is 2.59 bits per heavy atom. The molecule has 0 aliphatic carbocycles. The first-order valence-electron chi connectivity index (χ1n) is 15.3. The van der Waals surface area contributed by atoms with Crippen molar-refractivity contribution in [3.05, 3.63) is 83.0 Å². The summed E-state index contributed by atoms with van der Waals surface area (Å²) in [6.07, 6.45) is 2.64. The van der Waals surface area contributed by atoms with Crippen LogP contribution in [0.4, 0.5) is 13.6 Å². The fourth-order valence-electron chi connectivity index (χ4n) is 5.55. The Kier molecular flexibility index (Phi) is 10.1. The summed E-state index contributed by atoms with van der Waals surface area (Å²) < 4.78 is 40.1. The van der Waals surface area contributed by atoms with E-state index in [4.69, 9.17) is 19.4 Å². The smallest absolute Gasteiger partial charge is 0.410 e. The van der Waals surface area contributed by atoms with Gasteiger partial charge in [0.05, 0.1) is 36.1 Å². The second-order valence-electron chi connectivity index (χ2n) is 12.4. The lowest BCUT2D eigenvalue weighted by Gasteiger charge is -2.29. The lowest BCUT2D eigenvalue weighted by atomic mass is 10.00. The van der Waals surface area contributed by atoms with Gasteiger partial charge in [-0.3, -0.25) is 9.63 Å². The molecule has 0 unspecified atom stereocenters. The number of hydrogen-bond acceptors (Lipinski definition) is 8. The lowest BCUT2D eigenvalue weighted by molar-refractivity contribution is -0.154. The summed E-state index contributed by atoms with van der Waals surface area (Å²) in [7, 11) is 1.57. The van der Waals surface area contributed by atoms with Gasteiger partial charge < -0.3 is 19.7 Å². The van der Waals surface area contributed by atoms with Crippen molar-refractivity contribution in [2.24, 2.45) is 0 Å². The third-order valence-corrected chi connectivity index (χ3v) is 7.80. The molecular weight excluding hydrogens is 598 g/mol. The first kappa shape index (κ1) is 33.2. The number of hydrogen-bond donors (Lipinski definition) is 1. The predicted octanol–water partition coefficient (Wildman–Crippen LogP) is 4.54. The molecule has 4 heterocycles. The van der Waals surface area contributed by atoms with Crippen LogP contribution in [0.15, 0.2) is 48.7 Å². The van der Waals surface area contributed by atoms with E-state index >= 15 is 0 Å². The minimum atomic E-state index is -1.20. The van der Waals surface area contributed by atoms with Gasteiger partial charge in [-0.2, -0.15) is 14.6 Å². The third kappa shape index (κ3) is 7.77. The van der Waals surface area contributed by atoms with Crippen LogP contribution in [-0.2, 0) is 25.5 Å². The summed E-state index contributed by atoms with van der Waals surface area (Å²) in [6, 6.07) is 10.0. The highest BCUT2D eigenvalue weighted by atomic mass is 19.2. The molecule has 2 amide bonds. The minimum Gasteiger partial charge on any atom is -0.444 e.